The number of allylic oxidation sites excluding steroid dienone is 2. The summed E-state index contributed by atoms with van der Waals surface area (Å²) in [7, 11) is 0. The summed E-state index contributed by atoms with van der Waals surface area (Å²) in [6, 6.07) is 22.0. The standard InChI is InChI=1S/C19H13N3/c20-12-14(13-21)10-11-17-16-8-4-5-9-18(16)22-19(17)15-6-2-1-3-7-15/h1-10,22H,11H2. The van der Waals surface area contributed by atoms with Crippen LogP contribution in [0.5, 0.6) is 0 Å². The van der Waals surface area contributed by atoms with Crippen molar-refractivity contribution in [3.63, 3.8) is 0 Å². The van der Waals surface area contributed by atoms with Crippen molar-refractivity contribution in [2.75, 3.05) is 0 Å². The number of benzene rings is 2. The first-order valence-corrected chi connectivity index (χ1v) is 6.99. The summed E-state index contributed by atoms with van der Waals surface area (Å²) in [6.45, 7) is 0. The van der Waals surface area contributed by atoms with E-state index < -0.39 is 0 Å². The van der Waals surface area contributed by atoms with E-state index >= 15 is 0 Å². The molecule has 104 valence electrons. The van der Waals surface area contributed by atoms with Crippen molar-refractivity contribution in [2.24, 2.45) is 0 Å². The first-order chi connectivity index (χ1) is 10.8. The zero-order valence-electron chi connectivity index (χ0n) is 11.9. The van der Waals surface area contributed by atoms with Crippen molar-refractivity contribution in [2.45, 2.75) is 6.42 Å². The number of H-pyrrole nitrogens is 1. The van der Waals surface area contributed by atoms with E-state index in [0.717, 1.165) is 27.7 Å². The van der Waals surface area contributed by atoms with Crippen LogP contribution in [-0.2, 0) is 6.42 Å². The number of aromatic nitrogens is 1. The monoisotopic (exact) mass is 283 g/mol. The summed E-state index contributed by atoms with van der Waals surface area (Å²) in [5, 5.41) is 18.9. The van der Waals surface area contributed by atoms with Gasteiger partial charge in [0.2, 0.25) is 0 Å². The van der Waals surface area contributed by atoms with Gasteiger partial charge in [0.1, 0.15) is 17.7 Å². The summed E-state index contributed by atoms with van der Waals surface area (Å²) in [4.78, 5) is 3.45. The van der Waals surface area contributed by atoms with Gasteiger partial charge in [-0.3, -0.25) is 0 Å². The molecule has 0 radical (unpaired) electrons. The Balaban J connectivity index is 2.17. The summed E-state index contributed by atoms with van der Waals surface area (Å²) in [6.07, 6.45) is 2.23. The van der Waals surface area contributed by atoms with E-state index in [4.69, 9.17) is 10.5 Å². The highest BCUT2D eigenvalue weighted by atomic mass is 14.7. The molecule has 0 fully saturated rings. The number of aromatic amines is 1. The molecule has 0 spiro atoms. The molecular weight excluding hydrogens is 270 g/mol. The van der Waals surface area contributed by atoms with Gasteiger partial charge in [-0.25, -0.2) is 0 Å². The van der Waals surface area contributed by atoms with Crippen LogP contribution in [0.15, 0.2) is 66.2 Å². The van der Waals surface area contributed by atoms with E-state index in [1.54, 1.807) is 6.08 Å². The van der Waals surface area contributed by atoms with E-state index in [2.05, 4.69) is 11.1 Å². The molecule has 0 aliphatic heterocycles. The Kier molecular flexibility index (Phi) is 3.72. The Morgan fingerprint density at radius 3 is 2.36 bits per heavy atom. The molecule has 3 aromatic rings. The van der Waals surface area contributed by atoms with Crippen molar-refractivity contribution < 1.29 is 0 Å². The van der Waals surface area contributed by atoms with Gasteiger partial charge in [-0.05, 0) is 23.6 Å². The summed E-state index contributed by atoms with van der Waals surface area (Å²) >= 11 is 0. The molecule has 0 saturated carbocycles. The van der Waals surface area contributed by atoms with Gasteiger partial charge in [0, 0.05) is 10.9 Å². The molecule has 3 rings (SSSR count). The van der Waals surface area contributed by atoms with Gasteiger partial charge >= 0.3 is 0 Å². The predicted molar refractivity (Wildman–Crippen MR) is 86.7 cm³/mol. The van der Waals surface area contributed by atoms with Gasteiger partial charge in [0.25, 0.3) is 0 Å². The fraction of sp³-hybridized carbons (Fsp3) is 0.0526. The summed E-state index contributed by atoms with van der Waals surface area (Å²) in [5.41, 5.74) is 4.43. The summed E-state index contributed by atoms with van der Waals surface area (Å²) < 4.78 is 0. The first kappa shape index (κ1) is 13.7. The van der Waals surface area contributed by atoms with Crippen LogP contribution in [0.1, 0.15) is 5.56 Å². The maximum Gasteiger partial charge on any atom is 0.126 e. The van der Waals surface area contributed by atoms with Crippen molar-refractivity contribution in [1.29, 1.82) is 10.5 Å². The molecule has 0 amide bonds. The van der Waals surface area contributed by atoms with E-state index in [1.807, 2.05) is 60.7 Å². The quantitative estimate of drug-likeness (QED) is 0.726. The molecule has 1 aromatic heterocycles. The van der Waals surface area contributed by atoms with Gasteiger partial charge in [-0.2, -0.15) is 10.5 Å². The van der Waals surface area contributed by atoms with Crippen LogP contribution in [0.4, 0.5) is 0 Å². The Morgan fingerprint density at radius 1 is 0.955 bits per heavy atom. The molecule has 0 atom stereocenters. The van der Waals surface area contributed by atoms with Crippen LogP contribution >= 0.6 is 0 Å². The van der Waals surface area contributed by atoms with Gasteiger partial charge in [0.05, 0.1) is 5.69 Å². The molecule has 0 bridgehead atoms. The average Bonchev–Trinajstić information content (AvgIpc) is 2.95. The van der Waals surface area contributed by atoms with E-state index in [1.165, 1.54) is 0 Å². The second-order valence-corrected chi connectivity index (χ2v) is 4.94. The molecule has 3 nitrogen and oxygen atoms in total. The molecule has 0 unspecified atom stereocenters. The number of hydrogen-bond acceptors (Lipinski definition) is 2. The van der Waals surface area contributed by atoms with Gasteiger partial charge in [-0.15, -0.1) is 0 Å². The highest BCUT2D eigenvalue weighted by Gasteiger charge is 2.12. The van der Waals surface area contributed by atoms with E-state index in [9.17, 15) is 0 Å². The number of rotatable bonds is 3. The van der Waals surface area contributed by atoms with Crippen LogP contribution in [0, 0.1) is 22.7 Å². The number of fused-ring (bicyclic) bond motifs is 1. The maximum absolute atomic E-state index is 8.91. The second kappa shape index (κ2) is 5.99. The van der Waals surface area contributed by atoms with Gasteiger partial charge < -0.3 is 4.98 Å². The van der Waals surface area contributed by atoms with Crippen LogP contribution in [0.25, 0.3) is 22.2 Å². The predicted octanol–water partition coefficient (Wildman–Crippen LogP) is 4.35. The minimum atomic E-state index is 0.143. The lowest BCUT2D eigenvalue weighted by molar-refractivity contribution is 1.27. The number of nitrogens with zero attached hydrogens (tertiary/aromatic N) is 2. The molecule has 0 aliphatic carbocycles. The number of nitrogens with one attached hydrogen (secondary N) is 1. The molecule has 0 saturated heterocycles. The number of para-hydroxylation sites is 1. The van der Waals surface area contributed by atoms with Crippen LogP contribution in [-0.4, -0.2) is 4.98 Å². The lowest BCUT2D eigenvalue weighted by atomic mass is 10.0. The third-order valence-corrected chi connectivity index (χ3v) is 3.63. The molecule has 3 heteroatoms. The third kappa shape index (κ3) is 2.49. The first-order valence-electron chi connectivity index (χ1n) is 6.99. The SMILES string of the molecule is N#CC(C#N)=CCc1c(-c2ccccc2)[nH]c2ccccc12. The number of hydrogen-bond donors (Lipinski definition) is 1. The third-order valence-electron chi connectivity index (χ3n) is 3.63. The van der Waals surface area contributed by atoms with Gasteiger partial charge in [-0.1, -0.05) is 54.6 Å². The number of nitriles is 2. The average molecular weight is 283 g/mol. The molecule has 22 heavy (non-hydrogen) atoms. The second-order valence-electron chi connectivity index (χ2n) is 4.94. The van der Waals surface area contributed by atoms with Crippen molar-refractivity contribution in [1.82, 2.24) is 4.98 Å². The van der Waals surface area contributed by atoms with Gasteiger partial charge in [0.15, 0.2) is 0 Å². The fourth-order valence-electron chi connectivity index (χ4n) is 2.58. The smallest absolute Gasteiger partial charge is 0.126 e. The zero-order valence-corrected chi connectivity index (χ0v) is 11.9. The topological polar surface area (TPSA) is 63.4 Å². The highest BCUT2D eigenvalue weighted by molar-refractivity contribution is 5.91. The Labute approximate surface area is 128 Å². The molecule has 1 N–H and O–H groups in total. The van der Waals surface area contributed by atoms with Crippen molar-refractivity contribution in [3.05, 3.63) is 71.8 Å². The van der Waals surface area contributed by atoms with E-state index in [0.29, 0.717) is 6.42 Å². The summed E-state index contributed by atoms with van der Waals surface area (Å²) in [5.74, 6) is 0. The minimum Gasteiger partial charge on any atom is -0.354 e. The van der Waals surface area contributed by atoms with E-state index in [-0.39, 0.29) is 5.57 Å². The molecule has 0 aliphatic rings. The normalized spacial score (nSPS) is 9.91. The zero-order chi connectivity index (χ0) is 15.4. The fourth-order valence-corrected chi connectivity index (χ4v) is 2.58. The van der Waals surface area contributed by atoms with Crippen LogP contribution in [0.3, 0.4) is 0 Å². The van der Waals surface area contributed by atoms with Crippen LogP contribution < -0.4 is 0 Å². The highest BCUT2D eigenvalue weighted by Crippen LogP contribution is 2.30. The minimum absolute atomic E-state index is 0.143. The lowest BCUT2D eigenvalue weighted by Gasteiger charge is -2.02. The Bertz CT molecular complexity index is 903. The Hall–Kier alpha value is -3.30. The van der Waals surface area contributed by atoms with Crippen molar-refractivity contribution in [3.8, 4) is 23.4 Å². The maximum atomic E-state index is 8.91. The molecular formula is C19H13N3. The lowest BCUT2D eigenvalue weighted by Crippen LogP contribution is -1.87. The largest absolute Gasteiger partial charge is 0.354 e. The van der Waals surface area contributed by atoms with Crippen LogP contribution in [0.2, 0.25) is 0 Å². The molecule has 2 aromatic carbocycles. The Morgan fingerprint density at radius 2 is 1.64 bits per heavy atom. The van der Waals surface area contributed by atoms with Crippen molar-refractivity contribution >= 4 is 10.9 Å². The molecule has 1 heterocycles.